The summed E-state index contributed by atoms with van der Waals surface area (Å²) in [6, 6.07) is 7.32. The third kappa shape index (κ3) is 2.31. The molecule has 0 amide bonds. The number of thiazole rings is 1. The monoisotopic (exact) mass is 325 g/mol. The number of nitrogens with zero attached hydrogens (tertiary/aromatic N) is 3. The van der Waals surface area contributed by atoms with Gasteiger partial charge in [-0.25, -0.2) is 4.98 Å². The van der Waals surface area contributed by atoms with Gasteiger partial charge in [-0.2, -0.15) is 0 Å². The van der Waals surface area contributed by atoms with Crippen molar-refractivity contribution in [3.63, 3.8) is 0 Å². The zero-order valence-corrected chi connectivity index (χ0v) is 12.7. The van der Waals surface area contributed by atoms with E-state index in [-0.39, 0.29) is 6.42 Å². The fourth-order valence-electron chi connectivity index (χ4n) is 2.56. The van der Waals surface area contributed by atoms with Gasteiger partial charge >= 0.3 is 5.97 Å². The fourth-order valence-corrected chi connectivity index (χ4v) is 3.47. The highest BCUT2D eigenvalue weighted by Crippen LogP contribution is 2.33. The molecule has 0 spiro atoms. The molecule has 0 radical (unpaired) electrons. The molecule has 4 heterocycles. The predicted molar refractivity (Wildman–Crippen MR) is 85.3 cm³/mol. The van der Waals surface area contributed by atoms with Crippen molar-refractivity contribution in [3.8, 4) is 22.7 Å². The Hall–Kier alpha value is -2.93. The number of imidazole rings is 1. The van der Waals surface area contributed by atoms with Crippen molar-refractivity contribution >= 4 is 22.3 Å². The van der Waals surface area contributed by atoms with Crippen LogP contribution in [0, 0.1) is 0 Å². The second-order valence-corrected chi connectivity index (χ2v) is 5.77. The number of furan rings is 1. The number of carbonyl (C=O) groups is 1. The topological polar surface area (TPSA) is 80.6 Å². The van der Waals surface area contributed by atoms with E-state index in [1.807, 2.05) is 21.9 Å². The SMILES string of the molecule is O=C(O)Cc1c(-c2ccco2)nc2scc(-c3ccncc3)n12. The second-order valence-electron chi connectivity index (χ2n) is 4.93. The summed E-state index contributed by atoms with van der Waals surface area (Å²) < 4.78 is 7.29. The Morgan fingerprint density at radius 2 is 2.13 bits per heavy atom. The Kier molecular flexibility index (Phi) is 3.20. The van der Waals surface area contributed by atoms with Crippen molar-refractivity contribution in [2.24, 2.45) is 0 Å². The molecule has 0 saturated carbocycles. The van der Waals surface area contributed by atoms with Crippen LogP contribution in [0.25, 0.3) is 27.7 Å². The molecule has 0 fully saturated rings. The van der Waals surface area contributed by atoms with Gasteiger partial charge in [0, 0.05) is 23.3 Å². The summed E-state index contributed by atoms with van der Waals surface area (Å²) in [6.45, 7) is 0. The van der Waals surface area contributed by atoms with Crippen molar-refractivity contribution in [2.75, 3.05) is 0 Å². The molecule has 0 aromatic carbocycles. The number of aromatic nitrogens is 3. The first-order valence-electron chi connectivity index (χ1n) is 6.89. The molecule has 0 atom stereocenters. The maximum atomic E-state index is 11.3. The van der Waals surface area contributed by atoms with E-state index in [1.54, 1.807) is 30.8 Å². The molecule has 0 aliphatic carbocycles. The van der Waals surface area contributed by atoms with Crippen LogP contribution in [0.1, 0.15) is 5.69 Å². The molecule has 114 valence electrons. The van der Waals surface area contributed by atoms with Gasteiger partial charge in [0.2, 0.25) is 0 Å². The van der Waals surface area contributed by atoms with E-state index in [1.165, 1.54) is 11.3 Å². The first kappa shape index (κ1) is 13.7. The van der Waals surface area contributed by atoms with Crippen LogP contribution in [0.5, 0.6) is 0 Å². The maximum absolute atomic E-state index is 11.3. The number of rotatable bonds is 4. The molecule has 1 N–H and O–H groups in total. The molecule has 4 aromatic rings. The Balaban J connectivity index is 1.99. The van der Waals surface area contributed by atoms with E-state index < -0.39 is 5.97 Å². The third-order valence-corrected chi connectivity index (χ3v) is 4.33. The molecule has 6 nitrogen and oxygen atoms in total. The van der Waals surface area contributed by atoms with E-state index in [0.717, 1.165) is 16.2 Å². The van der Waals surface area contributed by atoms with Crippen LogP contribution in [0.4, 0.5) is 0 Å². The first-order valence-corrected chi connectivity index (χ1v) is 7.77. The van der Waals surface area contributed by atoms with Crippen molar-refractivity contribution in [1.29, 1.82) is 0 Å². The van der Waals surface area contributed by atoms with E-state index >= 15 is 0 Å². The molecular formula is C16H11N3O3S. The van der Waals surface area contributed by atoms with Gasteiger partial charge in [-0.15, -0.1) is 11.3 Å². The lowest BCUT2D eigenvalue weighted by molar-refractivity contribution is -0.136. The number of pyridine rings is 1. The average Bonchev–Trinajstić information content (AvgIpc) is 3.25. The summed E-state index contributed by atoms with van der Waals surface area (Å²) in [5, 5.41) is 11.3. The highest BCUT2D eigenvalue weighted by molar-refractivity contribution is 7.15. The normalized spacial score (nSPS) is 11.1. The minimum atomic E-state index is -0.911. The van der Waals surface area contributed by atoms with Crippen LogP contribution >= 0.6 is 11.3 Å². The first-order chi connectivity index (χ1) is 11.2. The molecule has 23 heavy (non-hydrogen) atoms. The Bertz CT molecular complexity index is 971. The highest BCUT2D eigenvalue weighted by atomic mass is 32.1. The summed E-state index contributed by atoms with van der Waals surface area (Å²) in [4.78, 5) is 20.6. The van der Waals surface area contributed by atoms with Crippen LogP contribution in [0.3, 0.4) is 0 Å². The van der Waals surface area contributed by atoms with Gasteiger partial charge < -0.3 is 9.52 Å². The smallest absolute Gasteiger partial charge is 0.309 e. The molecule has 4 rings (SSSR count). The minimum absolute atomic E-state index is 0.133. The van der Waals surface area contributed by atoms with Gasteiger partial charge in [0.05, 0.1) is 24.1 Å². The van der Waals surface area contributed by atoms with Crippen molar-refractivity contribution in [2.45, 2.75) is 6.42 Å². The molecule has 0 bridgehead atoms. The number of carboxylic acids is 1. The summed E-state index contributed by atoms with van der Waals surface area (Å²) in [5.74, 6) is -0.343. The van der Waals surface area contributed by atoms with Crippen LogP contribution in [-0.2, 0) is 11.2 Å². The van der Waals surface area contributed by atoms with Gasteiger partial charge in [0.1, 0.15) is 5.69 Å². The van der Waals surface area contributed by atoms with Crippen molar-refractivity contribution < 1.29 is 14.3 Å². The zero-order valence-electron chi connectivity index (χ0n) is 11.8. The molecule has 0 unspecified atom stereocenters. The molecule has 0 saturated heterocycles. The summed E-state index contributed by atoms with van der Waals surface area (Å²) in [5.41, 5.74) is 3.03. The quantitative estimate of drug-likeness (QED) is 0.622. The molecule has 0 aliphatic rings. The zero-order chi connectivity index (χ0) is 15.8. The Labute approximate surface area is 134 Å². The van der Waals surface area contributed by atoms with Gasteiger partial charge in [-0.3, -0.25) is 14.2 Å². The molecule has 0 aliphatic heterocycles. The standard InChI is InChI=1S/C16H11N3O3S/c20-14(21)8-11-15(13-2-1-7-22-13)18-16-19(11)12(9-23-16)10-3-5-17-6-4-10/h1-7,9H,8H2,(H,20,21). The Morgan fingerprint density at radius 3 is 2.83 bits per heavy atom. The molecule has 4 aromatic heterocycles. The largest absolute Gasteiger partial charge is 0.481 e. The van der Waals surface area contributed by atoms with Gasteiger partial charge in [0.25, 0.3) is 0 Å². The van der Waals surface area contributed by atoms with E-state index in [4.69, 9.17) is 4.42 Å². The van der Waals surface area contributed by atoms with Gasteiger partial charge in [0.15, 0.2) is 10.7 Å². The van der Waals surface area contributed by atoms with Crippen LogP contribution in [-0.4, -0.2) is 25.4 Å². The summed E-state index contributed by atoms with van der Waals surface area (Å²) in [7, 11) is 0. The fraction of sp³-hybridized carbons (Fsp3) is 0.0625. The van der Waals surface area contributed by atoms with E-state index in [9.17, 15) is 9.90 Å². The number of carboxylic acid groups (broad SMARTS) is 1. The van der Waals surface area contributed by atoms with Crippen LogP contribution in [0.2, 0.25) is 0 Å². The molecule has 7 heteroatoms. The van der Waals surface area contributed by atoms with E-state index in [2.05, 4.69) is 9.97 Å². The maximum Gasteiger partial charge on any atom is 0.309 e. The van der Waals surface area contributed by atoms with Gasteiger partial charge in [-0.05, 0) is 24.3 Å². The van der Waals surface area contributed by atoms with Gasteiger partial charge in [-0.1, -0.05) is 0 Å². The highest BCUT2D eigenvalue weighted by Gasteiger charge is 2.22. The number of hydrogen-bond acceptors (Lipinski definition) is 5. The minimum Gasteiger partial charge on any atom is -0.481 e. The van der Waals surface area contributed by atoms with Crippen LogP contribution in [0.15, 0.2) is 52.7 Å². The van der Waals surface area contributed by atoms with Crippen molar-refractivity contribution in [3.05, 3.63) is 54.0 Å². The number of hydrogen-bond donors (Lipinski definition) is 1. The summed E-state index contributed by atoms with van der Waals surface area (Å²) >= 11 is 1.46. The molecular weight excluding hydrogens is 314 g/mol. The average molecular weight is 325 g/mol. The second kappa shape index (κ2) is 5.36. The summed E-state index contributed by atoms with van der Waals surface area (Å²) in [6.07, 6.45) is 4.84. The number of aliphatic carboxylic acids is 1. The van der Waals surface area contributed by atoms with Crippen LogP contribution < -0.4 is 0 Å². The third-order valence-electron chi connectivity index (χ3n) is 3.51. The van der Waals surface area contributed by atoms with E-state index in [0.29, 0.717) is 17.1 Å². The lowest BCUT2D eigenvalue weighted by Gasteiger charge is -2.04. The van der Waals surface area contributed by atoms with Crippen molar-refractivity contribution in [1.82, 2.24) is 14.4 Å². The number of fused-ring (bicyclic) bond motifs is 1. The lowest BCUT2D eigenvalue weighted by atomic mass is 10.2. The Morgan fingerprint density at radius 1 is 1.30 bits per heavy atom. The lowest BCUT2D eigenvalue weighted by Crippen LogP contribution is -2.05. The predicted octanol–water partition coefficient (Wildman–Crippen LogP) is 3.34.